The highest BCUT2D eigenvalue weighted by atomic mass is 35.5. The van der Waals surface area contributed by atoms with Crippen LogP contribution in [0, 0.1) is 25.5 Å². The number of rotatable bonds is 3. The molecule has 1 aromatic heterocycles. The summed E-state index contributed by atoms with van der Waals surface area (Å²) in [6, 6.07) is 8.08. The molecule has 0 saturated carbocycles. The molecular weight excluding hydrogens is 611 g/mol. The fraction of sp³-hybridized carbons (Fsp3) is 0.194. The van der Waals surface area contributed by atoms with Gasteiger partial charge in [0.2, 0.25) is 5.91 Å². The molecule has 2 heterocycles. The third kappa shape index (κ3) is 5.64. The number of halogens is 6. The van der Waals surface area contributed by atoms with Crippen LogP contribution >= 0.6 is 11.6 Å². The third-order valence-corrected chi connectivity index (χ3v) is 7.62. The van der Waals surface area contributed by atoms with E-state index < -0.39 is 69.9 Å². The van der Waals surface area contributed by atoms with Crippen LogP contribution in [0.1, 0.15) is 46.3 Å². The summed E-state index contributed by atoms with van der Waals surface area (Å²) in [5.41, 5.74) is -1.95. The second kappa shape index (κ2) is 11.4. The number of amides is 1. The van der Waals surface area contributed by atoms with Crippen LogP contribution < -0.4 is 15.6 Å². The van der Waals surface area contributed by atoms with Crippen molar-refractivity contribution < 1.29 is 41.4 Å². The van der Waals surface area contributed by atoms with E-state index in [4.69, 9.17) is 16.3 Å². The van der Waals surface area contributed by atoms with Crippen molar-refractivity contribution in [2.75, 3.05) is 0 Å². The number of nitrogens with zero attached hydrogens (tertiary/aromatic N) is 1. The molecule has 0 aliphatic carbocycles. The number of alkyl halides is 3. The molecule has 0 radical (unpaired) electrons. The molecule has 4 aromatic rings. The second-order valence-electron chi connectivity index (χ2n) is 10.2. The standard InChI is InChI=1S/C31H22ClF5N2O5/c1-14-4-3-5-23-25(14)16-10-15(2)27(34)19(11-16)22(13-24(40)41)38-29(42)28(18-12-17(44-23)6-7-21(18)33)39-9-8-20(31(35,36)37)26(32)30(39)43/h3-12,22,28H,13H2,1-2H3,(H,38,42)(H,40,41)/t22-,28+/m1/s1. The number of carbonyl (C=O) groups is 2. The Morgan fingerprint density at radius 2 is 1.75 bits per heavy atom. The average molecular weight is 633 g/mol. The van der Waals surface area contributed by atoms with E-state index in [0.29, 0.717) is 33.5 Å². The minimum Gasteiger partial charge on any atom is -0.481 e. The number of aryl methyl sites for hydroxylation is 2. The number of nitrogens with one attached hydrogen (secondary N) is 1. The van der Waals surface area contributed by atoms with Crippen molar-refractivity contribution in [3.63, 3.8) is 0 Å². The summed E-state index contributed by atoms with van der Waals surface area (Å²) >= 11 is 5.80. The first kappa shape index (κ1) is 30.7. The number of pyridine rings is 1. The Bertz CT molecular complexity index is 1890. The Kier molecular flexibility index (Phi) is 7.98. The topological polar surface area (TPSA) is 97.6 Å². The second-order valence-corrected chi connectivity index (χ2v) is 10.6. The van der Waals surface area contributed by atoms with Crippen molar-refractivity contribution in [2.24, 2.45) is 0 Å². The number of hydrogen-bond donors (Lipinski definition) is 2. The Labute approximate surface area is 251 Å². The number of hydrogen-bond acceptors (Lipinski definition) is 4. The first-order chi connectivity index (χ1) is 20.7. The predicted octanol–water partition coefficient (Wildman–Crippen LogP) is 7.11. The summed E-state index contributed by atoms with van der Waals surface area (Å²) in [6.45, 7) is 3.21. The highest BCUT2D eigenvalue weighted by Gasteiger charge is 2.37. The summed E-state index contributed by atoms with van der Waals surface area (Å²) in [5.74, 6) is -4.28. The summed E-state index contributed by atoms with van der Waals surface area (Å²) in [5, 5.41) is 10.8. The zero-order chi connectivity index (χ0) is 32.1. The number of carboxylic acids is 1. The molecule has 0 unspecified atom stereocenters. The molecule has 228 valence electrons. The maximum atomic E-state index is 15.7. The molecule has 0 saturated heterocycles. The van der Waals surface area contributed by atoms with Gasteiger partial charge in [-0.2, -0.15) is 13.2 Å². The summed E-state index contributed by atoms with van der Waals surface area (Å²) in [6.07, 6.45) is -5.22. The van der Waals surface area contributed by atoms with Crippen LogP contribution in [-0.2, 0) is 15.8 Å². The van der Waals surface area contributed by atoms with E-state index in [1.807, 2.05) is 0 Å². The Balaban J connectivity index is 1.83. The van der Waals surface area contributed by atoms with Gasteiger partial charge < -0.3 is 15.2 Å². The molecule has 1 amide bonds. The average Bonchev–Trinajstić information content (AvgIpc) is 2.93. The molecule has 4 bridgehead atoms. The Morgan fingerprint density at radius 1 is 1.02 bits per heavy atom. The van der Waals surface area contributed by atoms with Crippen molar-refractivity contribution in [2.45, 2.75) is 38.5 Å². The lowest BCUT2D eigenvalue weighted by Gasteiger charge is -2.25. The highest BCUT2D eigenvalue weighted by Crippen LogP contribution is 2.40. The zero-order valence-electron chi connectivity index (χ0n) is 22.9. The number of carboxylic acid groups (broad SMARTS) is 1. The molecule has 3 aromatic carbocycles. The van der Waals surface area contributed by atoms with Gasteiger partial charge >= 0.3 is 12.1 Å². The van der Waals surface area contributed by atoms with Gasteiger partial charge in [-0.3, -0.25) is 19.0 Å². The minimum atomic E-state index is -5.01. The highest BCUT2D eigenvalue weighted by molar-refractivity contribution is 6.31. The van der Waals surface area contributed by atoms with Crippen LogP contribution in [0.4, 0.5) is 22.0 Å². The van der Waals surface area contributed by atoms with E-state index in [0.717, 1.165) is 12.1 Å². The molecule has 2 atom stereocenters. The molecule has 5 rings (SSSR count). The first-order valence-electron chi connectivity index (χ1n) is 13.0. The number of fused-ring (bicyclic) bond motifs is 6. The largest absolute Gasteiger partial charge is 0.481 e. The van der Waals surface area contributed by atoms with Crippen LogP contribution in [0.5, 0.6) is 11.5 Å². The molecule has 2 N–H and O–H groups in total. The van der Waals surface area contributed by atoms with Crippen molar-refractivity contribution in [3.05, 3.63) is 116 Å². The first-order valence-corrected chi connectivity index (χ1v) is 13.4. The van der Waals surface area contributed by atoms with E-state index in [2.05, 4.69) is 5.32 Å². The number of ether oxygens (including phenoxy) is 1. The predicted molar refractivity (Wildman–Crippen MR) is 150 cm³/mol. The van der Waals surface area contributed by atoms with Gasteiger partial charge in [0, 0.05) is 22.9 Å². The summed E-state index contributed by atoms with van der Waals surface area (Å²) in [4.78, 5) is 39.0. The van der Waals surface area contributed by atoms with E-state index in [-0.39, 0.29) is 22.6 Å². The molecule has 0 fully saturated rings. The lowest BCUT2D eigenvalue weighted by molar-refractivity contribution is -0.138. The fourth-order valence-electron chi connectivity index (χ4n) is 5.24. The molecule has 1 aliphatic heterocycles. The number of aliphatic carboxylic acids is 1. The summed E-state index contributed by atoms with van der Waals surface area (Å²) in [7, 11) is 0. The zero-order valence-corrected chi connectivity index (χ0v) is 23.7. The van der Waals surface area contributed by atoms with Gasteiger partial charge in [-0.05, 0) is 73.0 Å². The van der Waals surface area contributed by atoms with Crippen LogP contribution in [0.15, 0.2) is 65.6 Å². The van der Waals surface area contributed by atoms with Crippen molar-refractivity contribution in [1.29, 1.82) is 0 Å². The van der Waals surface area contributed by atoms with Gasteiger partial charge in [-0.25, -0.2) is 8.78 Å². The lowest BCUT2D eigenvalue weighted by atomic mass is 9.92. The maximum absolute atomic E-state index is 15.7. The fourth-order valence-corrected chi connectivity index (χ4v) is 5.51. The lowest BCUT2D eigenvalue weighted by Crippen LogP contribution is -2.41. The van der Waals surface area contributed by atoms with Crippen LogP contribution in [0.25, 0.3) is 11.1 Å². The van der Waals surface area contributed by atoms with Crippen molar-refractivity contribution in [3.8, 4) is 22.6 Å². The monoisotopic (exact) mass is 632 g/mol. The van der Waals surface area contributed by atoms with Gasteiger partial charge in [0.05, 0.1) is 18.0 Å². The van der Waals surface area contributed by atoms with E-state index in [9.17, 15) is 32.7 Å². The van der Waals surface area contributed by atoms with Crippen molar-refractivity contribution >= 4 is 23.5 Å². The molecule has 44 heavy (non-hydrogen) atoms. The molecule has 1 aliphatic rings. The van der Waals surface area contributed by atoms with Gasteiger partial charge in [0.25, 0.3) is 5.56 Å². The number of carbonyl (C=O) groups excluding carboxylic acids is 1. The minimum absolute atomic E-state index is 0.00232. The number of benzene rings is 3. The molecular formula is C31H22ClF5N2O5. The van der Waals surface area contributed by atoms with Crippen molar-refractivity contribution in [1.82, 2.24) is 9.88 Å². The van der Waals surface area contributed by atoms with Gasteiger partial charge in [-0.15, -0.1) is 0 Å². The van der Waals surface area contributed by atoms with Gasteiger partial charge in [0.1, 0.15) is 34.2 Å². The molecule has 13 heteroatoms. The molecule has 0 spiro atoms. The van der Waals surface area contributed by atoms with E-state index >= 15 is 8.78 Å². The number of aromatic nitrogens is 1. The molecule has 7 nitrogen and oxygen atoms in total. The Hall–Kier alpha value is -4.71. The quantitative estimate of drug-likeness (QED) is 0.235. The van der Waals surface area contributed by atoms with Gasteiger partial charge in [0.15, 0.2) is 0 Å². The normalized spacial score (nSPS) is 16.5. The SMILES string of the molecule is Cc1cc2cc(c1F)[C@@H](CC(=O)O)NC(=O)[C@@H](n1ccc(C(F)(F)F)c(Cl)c1=O)c1cc(ccc1F)Oc1cccc(C)c1-2. The maximum Gasteiger partial charge on any atom is 0.418 e. The van der Waals surface area contributed by atoms with Crippen LogP contribution in [0.2, 0.25) is 5.02 Å². The summed E-state index contributed by atoms with van der Waals surface area (Å²) < 4.78 is 78.1. The third-order valence-electron chi connectivity index (χ3n) is 7.26. The van der Waals surface area contributed by atoms with E-state index in [1.165, 1.54) is 25.1 Å². The van der Waals surface area contributed by atoms with Crippen LogP contribution in [-0.4, -0.2) is 21.6 Å². The smallest absolute Gasteiger partial charge is 0.418 e. The van der Waals surface area contributed by atoms with E-state index in [1.54, 1.807) is 25.1 Å². The van der Waals surface area contributed by atoms with Gasteiger partial charge in [-0.1, -0.05) is 23.7 Å². The Morgan fingerprint density at radius 3 is 2.43 bits per heavy atom. The van der Waals surface area contributed by atoms with Crippen LogP contribution in [0.3, 0.4) is 0 Å².